The summed E-state index contributed by atoms with van der Waals surface area (Å²) in [5, 5.41) is -2.63. The molecule has 424 valence electrons. The summed E-state index contributed by atoms with van der Waals surface area (Å²) in [5.41, 5.74) is -0.834. The number of nitrogens with zero attached hydrogens (tertiary/aromatic N) is 4. The van der Waals surface area contributed by atoms with Crippen LogP contribution in [0.4, 0.5) is 0 Å². The SMILES string of the molecule is [2H]c1c([2H])c([2H])c([Si](c2c([2H])c([2H])c([2H])c([2H])c2[2H])(c2c([2H])c([2H])c([2H])c([2H])c2[2H])c2c([2H])c([2H])c([2H])c(-c3cc4c5c(c3)n(-c3[c-]c(Oc6[c-]c7c(cc6)c6ccccc6n7-c6cc(C(C)(C)C)ccn6)ccc3)[c-][n+]5-c3c(cccc3C(C)(C)C)-c3c([2H])c([2H])c([2H])c([2H])c3-c3c([2H])c([2H])c([2H])c([2H])c3-4)c2[2H])c([2H])c1[2H].[Pt]. The Morgan fingerprint density at radius 2 is 1.09 bits per heavy atom. The first-order valence-electron chi connectivity index (χ1n) is 41.0. The van der Waals surface area contributed by atoms with Crippen LogP contribution in [0.5, 0.6) is 11.5 Å². The van der Waals surface area contributed by atoms with Crippen LogP contribution in [0.15, 0.2) is 266 Å². The summed E-state index contributed by atoms with van der Waals surface area (Å²) >= 11 is 0. The molecule has 0 fully saturated rings. The van der Waals surface area contributed by atoms with Crippen LogP contribution < -0.4 is 30.1 Å². The van der Waals surface area contributed by atoms with E-state index in [1.165, 1.54) is 16.7 Å². The molecule has 0 saturated carbocycles. The van der Waals surface area contributed by atoms with Gasteiger partial charge in [-0.05, 0) is 123 Å². The fourth-order valence-corrected chi connectivity index (χ4v) is 15.1. The quantitative estimate of drug-likeness (QED) is 0.0625. The van der Waals surface area contributed by atoms with Crippen molar-refractivity contribution in [3.8, 4) is 73.2 Å². The van der Waals surface area contributed by atoms with E-state index >= 15 is 0 Å². The fourth-order valence-electron chi connectivity index (χ4n) is 11.6. The van der Waals surface area contributed by atoms with Gasteiger partial charge in [-0.25, -0.2) is 4.98 Å². The van der Waals surface area contributed by atoms with E-state index in [-0.39, 0.29) is 77.1 Å². The van der Waals surface area contributed by atoms with Crippen molar-refractivity contribution in [1.29, 1.82) is 0 Å². The van der Waals surface area contributed by atoms with Crippen molar-refractivity contribution in [1.82, 2.24) is 14.1 Å². The minimum Gasteiger partial charge on any atom is -0.510 e. The van der Waals surface area contributed by atoms with Gasteiger partial charge in [0.1, 0.15) is 5.82 Å². The summed E-state index contributed by atoms with van der Waals surface area (Å²) in [6, 6.07) is 6.41. The van der Waals surface area contributed by atoms with Crippen LogP contribution in [-0.2, 0) is 31.9 Å². The molecule has 11 aromatic carbocycles. The number of para-hydroxylation sites is 2. The molecule has 0 unspecified atom stereocenters. The van der Waals surface area contributed by atoms with E-state index in [9.17, 15) is 32.9 Å². The molecule has 1 aliphatic rings. The molecule has 87 heavy (non-hydrogen) atoms. The summed E-state index contributed by atoms with van der Waals surface area (Å²) < 4.78 is 271. The van der Waals surface area contributed by atoms with Gasteiger partial charge in [-0.2, -0.15) is 18.2 Å². The van der Waals surface area contributed by atoms with Crippen molar-refractivity contribution in [2.24, 2.45) is 0 Å². The molecule has 15 rings (SSSR count). The van der Waals surface area contributed by atoms with Gasteiger partial charge >= 0.3 is 0 Å². The van der Waals surface area contributed by atoms with Gasteiger partial charge in [0.05, 0.1) is 53.7 Å². The maximum absolute atomic E-state index is 11.0. The molecule has 0 N–H and O–H groups in total. The van der Waals surface area contributed by atoms with Crippen molar-refractivity contribution < 1.29 is 67.4 Å². The zero-order valence-corrected chi connectivity index (χ0v) is 50.6. The van der Waals surface area contributed by atoms with Gasteiger partial charge in [-0.15, -0.1) is 29.7 Å². The van der Waals surface area contributed by atoms with E-state index in [4.69, 9.17) is 13.8 Å². The van der Waals surface area contributed by atoms with Crippen LogP contribution in [0.2, 0.25) is 0 Å². The Kier molecular flexibility index (Phi) is 8.24. The zero-order valence-electron chi connectivity index (χ0n) is 74.3. The van der Waals surface area contributed by atoms with Crippen molar-refractivity contribution in [3.63, 3.8) is 0 Å². The first kappa shape index (κ1) is 32.9. The van der Waals surface area contributed by atoms with E-state index in [0.717, 1.165) is 21.9 Å². The van der Waals surface area contributed by atoms with Crippen molar-refractivity contribution in [2.45, 2.75) is 52.4 Å². The number of fused-ring (bicyclic) bond motifs is 10. The molecule has 1 aliphatic heterocycles. The fraction of sp³-hybridized carbons (Fsp3) is 0.100. The first-order valence-corrected chi connectivity index (χ1v) is 29.5. The molecular formula is C80H62N4OPtSi-2. The minimum absolute atomic E-state index is 0. The smallest absolute Gasteiger partial charge is 0.268 e. The maximum Gasteiger partial charge on any atom is 0.268 e. The van der Waals surface area contributed by atoms with E-state index in [1.54, 1.807) is 53.2 Å². The van der Waals surface area contributed by atoms with Crippen molar-refractivity contribution in [2.75, 3.05) is 0 Å². The van der Waals surface area contributed by atoms with Gasteiger partial charge in [0.25, 0.3) is 6.33 Å². The van der Waals surface area contributed by atoms with Crippen LogP contribution in [0, 0.1) is 18.5 Å². The third-order valence-electron chi connectivity index (χ3n) is 15.5. The van der Waals surface area contributed by atoms with Gasteiger partial charge in [-0.3, -0.25) is 4.57 Å². The average Bonchev–Trinajstić information content (AvgIpc) is 0.826. The molecule has 7 heteroatoms. The van der Waals surface area contributed by atoms with Crippen molar-refractivity contribution in [3.05, 3.63) is 296 Å². The number of ether oxygens (including phenoxy) is 1. The molecule has 0 amide bonds. The number of pyridine rings is 1. The number of rotatable bonds is 9. The zero-order chi connectivity index (χ0) is 81.8. The number of hydrogen-bond acceptors (Lipinski definition) is 2. The standard InChI is InChI=1S/C80H62N4OSi.Pt/c1-79(2,3)56-45-46-81-76(50-56)84-73-42-21-20-39-68(73)69-44-43-59(52-74(69)84)85-58-27-23-26-57(51-58)82-53-83-77-70(40-24-41-72(77)80(4,5)6)66-37-18-16-35-64(66)65-36-17-19-38-67(65)71-48-55(49-75(82)78(71)83)54-25-22-34-63(47-54)86(60-28-10-7-11-29-60,61-30-12-8-13-31-61)62-32-14-9-15-33-62;/h7-50H,1-6H3;/q-2;/i7D,8D,9D,10D,11D,12D,13D,14D,15D,16D,17D,18D,19D,22D,25D,28D,29D,30D,31D,32D,33D,34D,35D,36D,37D,38D,47D;. The topological polar surface area (TPSA) is 35.9 Å². The Morgan fingerprint density at radius 3 is 1.75 bits per heavy atom. The Hall–Kier alpha value is -9.45. The summed E-state index contributed by atoms with van der Waals surface area (Å²) in [6.45, 7) is 12.0. The summed E-state index contributed by atoms with van der Waals surface area (Å²) in [7, 11) is -6.47. The number of aromatic nitrogens is 4. The van der Waals surface area contributed by atoms with Gasteiger partial charge < -0.3 is 13.9 Å². The van der Waals surface area contributed by atoms with Gasteiger partial charge in [0.2, 0.25) is 0 Å². The van der Waals surface area contributed by atoms with Gasteiger partial charge in [0.15, 0.2) is 8.07 Å². The Bertz CT molecular complexity index is 6370. The second-order valence-electron chi connectivity index (χ2n) is 22.7. The van der Waals surface area contributed by atoms with Crippen LogP contribution in [-0.4, -0.2) is 22.2 Å². The normalized spacial score (nSPS) is 16.5. The summed E-state index contributed by atoms with van der Waals surface area (Å²) in [4.78, 5) is 4.83. The van der Waals surface area contributed by atoms with Gasteiger partial charge in [-0.1, -0.05) is 253 Å². The second kappa shape index (κ2) is 21.8. The number of benzene rings is 11. The van der Waals surface area contributed by atoms with Crippen LogP contribution in [0.25, 0.3) is 94.5 Å². The van der Waals surface area contributed by atoms with Crippen LogP contribution in [0.3, 0.4) is 0 Å². The average molecular weight is 1350 g/mol. The molecule has 0 saturated heterocycles. The van der Waals surface area contributed by atoms with Crippen LogP contribution >= 0.6 is 0 Å². The predicted octanol–water partition coefficient (Wildman–Crippen LogP) is 16.5. The molecule has 5 nitrogen and oxygen atoms in total. The van der Waals surface area contributed by atoms with Gasteiger partial charge in [0, 0.05) is 44.3 Å². The summed E-state index contributed by atoms with van der Waals surface area (Å²) in [5.74, 6) is 0.896. The summed E-state index contributed by atoms with van der Waals surface area (Å²) in [6.07, 6.45) is 5.24. The molecule has 0 atom stereocenters. The van der Waals surface area contributed by atoms with Crippen molar-refractivity contribution >= 4 is 61.7 Å². The number of hydrogen-bond donors (Lipinski definition) is 0. The molecule has 0 spiro atoms. The minimum atomic E-state index is -6.47. The Morgan fingerprint density at radius 1 is 0.494 bits per heavy atom. The monoisotopic (exact) mass is 1340 g/mol. The van der Waals surface area contributed by atoms with E-state index in [1.807, 2.05) is 67.8 Å². The Labute approximate surface area is 562 Å². The largest absolute Gasteiger partial charge is 0.510 e. The predicted molar refractivity (Wildman–Crippen MR) is 356 cm³/mol. The van der Waals surface area contributed by atoms with Crippen LogP contribution in [0.1, 0.15) is 89.7 Å². The molecule has 3 aromatic heterocycles. The van der Waals surface area contributed by atoms with E-state index < -0.39 is 225 Å². The maximum atomic E-state index is 11.0. The molecular weight excluding hydrogens is 1260 g/mol. The first-order chi connectivity index (χ1) is 53.1. The third kappa shape index (κ3) is 9.42. The van der Waals surface area contributed by atoms with E-state index in [2.05, 4.69) is 39.2 Å². The number of imidazole rings is 1. The molecule has 0 radical (unpaired) electrons. The third-order valence-corrected chi connectivity index (χ3v) is 19.5. The molecule has 4 heterocycles. The molecule has 0 bridgehead atoms. The second-order valence-corrected chi connectivity index (χ2v) is 26.2. The molecule has 14 aromatic rings. The van der Waals surface area contributed by atoms with E-state index in [0.29, 0.717) is 16.9 Å². The Balaban J connectivity index is 0.0000108. The molecule has 0 aliphatic carbocycles.